The van der Waals surface area contributed by atoms with Gasteiger partial charge in [-0.2, -0.15) is 0 Å². The van der Waals surface area contributed by atoms with E-state index in [0.29, 0.717) is 0 Å². The molecule has 0 saturated heterocycles. The van der Waals surface area contributed by atoms with Gasteiger partial charge in [0.1, 0.15) is 5.82 Å². The second-order valence-corrected chi connectivity index (χ2v) is 4.83. The monoisotopic (exact) mass is 222 g/mol. The van der Waals surface area contributed by atoms with Crippen LogP contribution in [0.4, 0.5) is 4.39 Å². The zero-order valence-corrected chi connectivity index (χ0v) is 10.1. The number of halogens is 1. The molecular formula is C13H19FN2. The minimum Gasteiger partial charge on any atom is -0.313 e. The van der Waals surface area contributed by atoms with E-state index in [-0.39, 0.29) is 17.4 Å². The summed E-state index contributed by atoms with van der Waals surface area (Å²) in [4.78, 5) is 2.16. The van der Waals surface area contributed by atoms with Crippen LogP contribution in [0.5, 0.6) is 0 Å². The summed E-state index contributed by atoms with van der Waals surface area (Å²) >= 11 is 0. The predicted molar refractivity (Wildman–Crippen MR) is 63.9 cm³/mol. The van der Waals surface area contributed by atoms with Gasteiger partial charge < -0.3 is 10.2 Å². The van der Waals surface area contributed by atoms with Crippen LogP contribution in [0, 0.1) is 5.82 Å². The van der Waals surface area contributed by atoms with Crippen LogP contribution in [0.2, 0.25) is 0 Å². The molecule has 1 atom stereocenters. The maximum absolute atomic E-state index is 13.3. The highest BCUT2D eigenvalue weighted by Gasteiger charge is 2.49. The first kappa shape index (κ1) is 11.6. The number of likely N-dealkylation sites (N-methyl/N-ethyl adjacent to an activating group) is 2. The van der Waals surface area contributed by atoms with Gasteiger partial charge in [-0.25, -0.2) is 4.39 Å². The quantitative estimate of drug-likeness (QED) is 0.840. The number of hydrogen-bond acceptors (Lipinski definition) is 2. The molecule has 1 aliphatic carbocycles. The maximum atomic E-state index is 13.3. The Hall–Kier alpha value is -0.930. The van der Waals surface area contributed by atoms with E-state index in [1.165, 1.54) is 6.07 Å². The second-order valence-electron chi connectivity index (χ2n) is 4.83. The van der Waals surface area contributed by atoms with Crippen LogP contribution < -0.4 is 5.32 Å². The number of nitrogens with zero attached hydrogens (tertiary/aromatic N) is 1. The molecule has 0 aliphatic heterocycles. The molecule has 16 heavy (non-hydrogen) atoms. The Labute approximate surface area is 96.5 Å². The van der Waals surface area contributed by atoms with E-state index >= 15 is 0 Å². The summed E-state index contributed by atoms with van der Waals surface area (Å²) in [5.74, 6) is -0.156. The van der Waals surface area contributed by atoms with Crippen molar-refractivity contribution in [2.45, 2.75) is 24.4 Å². The first-order chi connectivity index (χ1) is 7.59. The molecule has 1 aromatic carbocycles. The number of rotatable bonds is 4. The molecule has 0 heterocycles. The van der Waals surface area contributed by atoms with E-state index in [4.69, 9.17) is 0 Å². The summed E-state index contributed by atoms with van der Waals surface area (Å²) in [5, 5.41) is 3.39. The minimum absolute atomic E-state index is 0.136. The Bertz CT molecular complexity index is 372. The molecule has 88 valence electrons. The summed E-state index contributed by atoms with van der Waals surface area (Å²) in [6.07, 6.45) is 2.31. The zero-order chi connectivity index (χ0) is 11.8. The van der Waals surface area contributed by atoms with Crippen molar-refractivity contribution in [1.82, 2.24) is 10.2 Å². The fraction of sp³-hybridized carbons (Fsp3) is 0.538. The van der Waals surface area contributed by atoms with Crippen LogP contribution in [-0.4, -0.2) is 31.6 Å². The smallest absolute Gasteiger partial charge is 0.123 e. The molecular weight excluding hydrogens is 203 g/mol. The standard InChI is InChI=1S/C13H19FN2/c1-15-13(7-8-13)12(16(2)3)10-5-4-6-11(14)9-10/h4-6,9,12,15H,7-8H2,1-3H3. The van der Waals surface area contributed by atoms with Crippen LogP contribution in [-0.2, 0) is 0 Å². The third-order valence-corrected chi connectivity index (χ3v) is 3.49. The highest BCUT2D eigenvalue weighted by Crippen LogP contribution is 2.47. The van der Waals surface area contributed by atoms with Gasteiger partial charge in [0.25, 0.3) is 0 Å². The van der Waals surface area contributed by atoms with Gasteiger partial charge in [-0.1, -0.05) is 12.1 Å². The summed E-state index contributed by atoms with van der Waals surface area (Å²) < 4.78 is 13.3. The van der Waals surface area contributed by atoms with Crippen molar-refractivity contribution in [2.24, 2.45) is 0 Å². The Morgan fingerprint density at radius 3 is 2.50 bits per heavy atom. The number of benzene rings is 1. The SMILES string of the molecule is CNC1(C(c2cccc(F)c2)N(C)C)CC1. The van der Waals surface area contributed by atoms with Crippen LogP contribution in [0.15, 0.2) is 24.3 Å². The van der Waals surface area contributed by atoms with Gasteiger partial charge in [0, 0.05) is 5.54 Å². The van der Waals surface area contributed by atoms with Gasteiger partial charge in [-0.15, -0.1) is 0 Å². The predicted octanol–water partition coefficient (Wildman–Crippen LogP) is 2.18. The molecule has 0 aromatic heterocycles. The molecule has 1 fully saturated rings. The van der Waals surface area contributed by atoms with Crippen molar-refractivity contribution in [1.29, 1.82) is 0 Å². The third-order valence-electron chi connectivity index (χ3n) is 3.49. The average Bonchev–Trinajstić information content (AvgIpc) is 2.99. The first-order valence-electron chi connectivity index (χ1n) is 5.70. The molecule has 1 aliphatic rings. The molecule has 1 unspecified atom stereocenters. The van der Waals surface area contributed by atoms with Gasteiger partial charge in [0.2, 0.25) is 0 Å². The average molecular weight is 222 g/mol. The van der Waals surface area contributed by atoms with Crippen molar-refractivity contribution in [2.75, 3.05) is 21.1 Å². The van der Waals surface area contributed by atoms with Gasteiger partial charge >= 0.3 is 0 Å². The molecule has 1 N–H and O–H groups in total. The summed E-state index contributed by atoms with van der Waals surface area (Å²) in [7, 11) is 6.09. The highest BCUT2D eigenvalue weighted by molar-refractivity contribution is 5.27. The van der Waals surface area contributed by atoms with Crippen molar-refractivity contribution in [3.05, 3.63) is 35.6 Å². The lowest BCUT2D eigenvalue weighted by molar-refractivity contribution is 0.223. The summed E-state index contributed by atoms with van der Waals surface area (Å²) in [6.45, 7) is 0. The van der Waals surface area contributed by atoms with Gasteiger partial charge in [0.05, 0.1) is 6.04 Å². The lowest BCUT2D eigenvalue weighted by atomic mass is 9.96. The van der Waals surface area contributed by atoms with E-state index in [2.05, 4.69) is 10.2 Å². The highest BCUT2D eigenvalue weighted by atomic mass is 19.1. The molecule has 0 radical (unpaired) electrons. The van der Waals surface area contributed by atoms with Crippen molar-refractivity contribution < 1.29 is 4.39 Å². The van der Waals surface area contributed by atoms with E-state index in [1.807, 2.05) is 27.2 Å². The van der Waals surface area contributed by atoms with E-state index in [9.17, 15) is 4.39 Å². The zero-order valence-electron chi connectivity index (χ0n) is 10.1. The molecule has 0 spiro atoms. The van der Waals surface area contributed by atoms with Crippen molar-refractivity contribution in [3.8, 4) is 0 Å². The summed E-state index contributed by atoms with van der Waals surface area (Å²) in [5.41, 5.74) is 1.19. The normalized spacial score (nSPS) is 19.8. The number of nitrogens with one attached hydrogen (secondary N) is 1. The van der Waals surface area contributed by atoms with Gasteiger partial charge in [0.15, 0.2) is 0 Å². The largest absolute Gasteiger partial charge is 0.313 e. The minimum atomic E-state index is -0.156. The van der Waals surface area contributed by atoms with Crippen LogP contribution in [0.1, 0.15) is 24.4 Å². The van der Waals surface area contributed by atoms with Gasteiger partial charge in [-0.05, 0) is 51.7 Å². The molecule has 2 rings (SSSR count). The Morgan fingerprint density at radius 1 is 1.38 bits per heavy atom. The second kappa shape index (κ2) is 4.15. The van der Waals surface area contributed by atoms with E-state index in [0.717, 1.165) is 18.4 Å². The number of hydrogen-bond donors (Lipinski definition) is 1. The van der Waals surface area contributed by atoms with Crippen molar-refractivity contribution >= 4 is 0 Å². The fourth-order valence-electron chi connectivity index (χ4n) is 2.58. The fourth-order valence-corrected chi connectivity index (χ4v) is 2.58. The van der Waals surface area contributed by atoms with Gasteiger partial charge in [-0.3, -0.25) is 0 Å². The molecule has 0 bridgehead atoms. The topological polar surface area (TPSA) is 15.3 Å². The van der Waals surface area contributed by atoms with Crippen molar-refractivity contribution in [3.63, 3.8) is 0 Å². The molecule has 3 heteroatoms. The lowest BCUT2D eigenvalue weighted by Crippen LogP contribution is -2.41. The summed E-state index contributed by atoms with van der Waals surface area (Å²) in [6, 6.07) is 7.17. The molecule has 1 saturated carbocycles. The lowest BCUT2D eigenvalue weighted by Gasteiger charge is -2.33. The van der Waals surface area contributed by atoms with E-state index < -0.39 is 0 Å². The van der Waals surface area contributed by atoms with Crippen LogP contribution in [0.3, 0.4) is 0 Å². The van der Waals surface area contributed by atoms with Crippen LogP contribution in [0.25, 0.3) is 0 Å². The third kappa shape index (κ3) is 1.97. The van der Waals surface area contributed by atoms with E-state index in [1.54, 1.807) is 12.1 Å². The molecule has 2 nitrogen and oxygen atoms in total. The Balaban J connectivity index is 2.33. The van der Waals surface area contributed by atoms with Crippen LogP contribution >= 0.6 is 0 Å². The molecule has 0 amide bonds. The Kier molecular flexibility index (Phi) is 3.00. The molecule has 1 aromatic rings. The maximum Gasteiger partial charge on any atom is 0.123 e. The Morgan fingerprint density at radius 2 is 2.06 bits per heavy atom. The first-order valence-corrected chi connectivity index (χ1v) is 5.70.